The summed E-state index contributed by atoms with van der Waals surface area (Å²) < 4.78 is 28.0. The minimum Gasteiger partial charge on any atom is -0.281 e. The van der Waals surface area contributed by atoms with E-state index < -0.39 is 11.6 Å². The van der Waals surface area contributed by atoms with Gasteiger partial charge in [-0.3, -0.25) is 4.99 Å². The minimum atomic E-state index is -0.549. The van der Waals surface area contributed by atoms with Gasteiger partial charge in [0.05, 0.1) is 16.6 Å². The molecule has 0 radical (unpaired) electrons. The zero-order chi connectivity index (χ0) is 19.5. The largest absolute Gasteiger partial charge is 0.281 e. The first-order valence-electron chi connectivity index (χ1n) is 9.36. The molecule has 0 spiro atoms. The van der Waals surface area contributed by atoms with E-state index in [9.17, 15) is 8.78 Å². The fraction of sp³-hybridized carbons (Fsp3) is 0.217. The summed E-state index contributed by atoms with van der Waals surface area (Å²) in [4.78, 5) is 9.08. The predicted molar refractivity (Wildman–Crippen MR) is 111 cm³/mol. The molecule has 1 aliphatic rings. The molecule has 2 aromatic carbocycles. The maximum atomic E-state index is 14.0. The Morgan fingerprint density at radius 2 is 1.68 bits per heavy atom. The van der Waals surface area contributed by atoms with E-state index in [-0.39, 0.29) is 11.6 Å². The second-order valence-electron chi connectivity index (χ2n) is 6.67. The van der Waals surface area contributed by atoms with Gasteiger partial charge in [0.1, 0.15) is 11.6 Å². The van der Waals surface area contributed by atoms with Crippen molar-refractivity contribution in [2.75, 3.05) is 5.75 Å². The number of halogens is 2. The Kier molecular flexibility index (Phi) is 5.53. The van der Waals surface area contributed by atoms with Gasteiger partial charge in [0.25, 0.3) is 0 Å². The number of nitrogens with zero attached hydrogens (tertiary/aromatic N) is 2. The molecule has 0 saturated heterocycles. The first-order chi connectivity index (χ1) is 13.7. The Labute approximate surface area is 167 Å². The van der Waals surface area contributed by atoms with Crippen LogP contribution in [0.3, 0.4) is 0 Å². The summed E-state index contributed by atoms with van der Waals surface area (Å²) in [5, 5.41) is 1.02. The summed E-state index contributed by atoms with van der Waals surface area (Å²) in [7, 11) is 0. The second kappa shape index (κ2) is 8.23. The van der Waals surface area contributed by atoms with E-state index in [1.807, 2.05) is 24.4 Å². The lowest BCUT2D eigenvalue weighted by atomic mass is 10.00. The molecule has 1 atom stereocenters. The van der Waals surface area contributed by atoms with Gasteiger partial charge < -0.3 is 0 Å². The standard InChI is InChI=1S/C23H20F2N2S/c1-2-28-22-13-10-17(14-26-22)15-6-8-16(9-7-15)20-11-12-21(27-20)23-18(24)4-3-5-19(23)25/h3-10,13-14,20H,2,11-12H2,1H3. The zero-order valence-electron chi connectivity index (χ0n) is 15.5. The average Bonchev–Trinajstić information content (AvgIpc) is 3.19. The first kappa shape index (κ1) is 18.8. The van der Waals surface area contributed by atoms with Crippen LogP contribution in [-0.2, 0) is 0 Å². The van der Waals surface area contributed by atoms with Gasteiger partial charge >= 0.3 is 0 Å². The van der Waals surface area contributed by atoms with Crippen molar-refractivity contribution in [1.29, 1.82) is 0 Å². The van der Waals surface area contributed by atoms with Crippen LogP contribution < -0.4 is 0 Å². The minimum absolute atomic E-state index is 0.0118. The molecule has 0 aliphatic carbocycles. The molecule has 0 amide bonds. The topological polar surface area (TPSA) is 25.2 Å². The number of hydrogen-bond donors (Lipinski definition) is 0. The predicted octanol–water partition coefficient (Wildman–Crippen LogP) is 6.46. The summed E-state index contributed by atoms with van der Waals surface area (Å²) in [5.74, 6) is -0.0966. The van der Waals surface area contributed by atoms with E-state index in [1.165, 1.54) is 18.2 Å². The normalized spacial score (nSPS) is 16.2. The summed E-state index contributed by atoms with van der Waals surface area (Å²) in [6.07, 6.45) is 3.22. The monoisotopic (exact) mass is 394 g/mol. The molecule has 0 saturated carbocycles. The molecule has 4 rings (SSSR count). The fourth-order valence-corrected chi connectivity index (χ4v) is 4.06. The van der Waals surface area contributed by atoms with E-state index in [0.29, 0.717) is 12.1 Å². The highest BCUT2D eigenvalue weighted by Crippen LogP contribution is 2.33. The maximum Gasteiger partial charge on any atom is 0.135 e. The van der Waals surface area contributed by atoms with Gasteiger partial charge in [0, 0.05) is 17.5 Å². The molecule has 1 unspecified atom stereocenters. The van der Waals surface area contributed by atoms with E-state index in [1.54, 1.807) is 11.8 Å². The van der Waals surface area contributed by atoms with Crippen molar-refractivity contribution in [2.45, 2.75) is 30.8 Å². The number of rotatable bonds is 5. The van der Waals surface area contributed by atoms with Gasteiger partial charge in [0.2, 0.25) is 0 Å². The van der Waals surface area contributed by atoms with Crippen molar-refractivity contribution >= 4 is 17.5 Å². The highest BCUT2D eigenvalue weighted by atomic mass is 32.2. The lowest BCUT2D eigenvalue weighted by Gasteiger charge is -2.09. The quantitative estimate of drug-likeness (QED) is 0.464. The van der Waals surface area contributed by atoms with E-state index in [0.717, 1.165) is 33.9 Å². The second-order valence-corrected chi connectivity index (χ2v) is 7.95. The van der Waals surface area contributed by atoms with Crippen LogP contribution >= 0.6 is 11.8 Å². The summed E-state index contributed by atoms with van der Waals surface area (Å²) in [6.45, 7) is 2.11. The summed E-state index contributed by atoms with van der Waals surface area (Å²) >= 11 is 1.72. The van der Waals surface area contributed by atoms with E-state index in [2.05, 4.69) is 35.1 Å². The number of benzene rings is 2. The van der Waals surface area contributed by atoms with Crippen molar-refractivity contribution in [3.05, 3.63) is 83.6 Å². The number of aromatic nitrogens is 1. The fourth-order valence-electron chi connectivity index (χ4n) is 3.48. The van der Waals surface area contributed by atoms with Crippen molar-refractivity contribution in [1.82, 2.24) is 4.98 Å². The van der Waals surface area contributed by atoms with Gasteiger partial charge in [-0.25, -0.2) is 13.8 Å². The lowest BCUT2D eigenvalue weighted by Crippen LogP contribution is -2.03. The molecular weight excluding hydrogens is 374 g/mol. The third kappa shape index (κ3) is 3.85. The van der Waals surface area contributed by atoms with Crippen LogP contribution in [-0.4, -0.2) is 16.4 Å². The lowest BCUT2D eigenvalue weighted by molar-refractivity contribution is 0.578. The molecule has 3 aromatic rings. The summed E-state index contributed by atoms with van der Waals surface area (Å²) in [6, 6.07) is 16.2. The third-order valence-electron chi connectivity index (χ3n) is 4.87. The van der Waals surface area contributed by atoms with Crippen LogP contribution in [0.25, 0.3) is 11.1 Å². The molecule has 0 bridgehead atoms. The molecule has 1 aliphatic heterocycles. The molecule has 0 N–H and O–H groups in total. The number of hydrogen-bond acceptors (Lipinski definition) is 3. The average molecular weight is 394 g/mol. The van der Waals surface area contributed by atoms with Crippen LogP contribution in [0.4, 0.5) is 8.78 Å². The van der Waals surface area contributed by atoms with E-state index in [4.69, 9.17) is 0 Å². The Morgan fingerprint density at radius 1 is 0.964 bits per heavy atom. The molecule has 2 heterocycles. The molecule has 28 heavy (non-hydrogen) atoms. The first-order valence-corrected chi connectivity index (χ1v) is 10.3. The molecular formula is C23H20F2N2S. The third-order valence-corrected chi connectivity index (χ3v) is 5.70. The highest BCUT2D eigenvalue weighted by molar-refractivity contribution is 7.99. The van der Waals surface area contributed by atoms with Gasteiger partial charge in [-0.1, -0.05) is 43.3 Å². The van der Waals surface area contributed by atoms with Crippen molar-refractivity contribution in [3.63, 3.8) is 0 Å². The molecule has 1 aromatic heterocycles. The van der Waals surface area contributed by atoms with Crippen LogP contribution in [0.15, 0.2) is 70.8 Å². The molecule has 0 fully saturated rings. The number of pyridine rings is 1. The van der Waals surface area contributed by atoms with Crippen LogP contribution in [0.1, 0.15) is 36.9 Å². The van der Waals surface area contributed by atoms with Gasteiger partial charge in [0.15, 0.2) is 0 Å². The van der Waals surface area contributed by atoms with Crippen LogP contribution in [0.5, 0.6) is 0 Å². The zero-order valence-corrected chi connectivity index (χ0v) is 16.3. The van der Waals surface area contributed by atoms with Crippen LogP contribution in [0, 0.1) is 11.6 Å². The van der Waals surface area contributed by atoms with Crippen molar-refractivity contribution < 1.29 is 8.78 Å². The Morgan fingerprint density at radius 3 is 2.32 bits per heavy atom. The number of aliphatic imine (C=N–C) groups is 1. The van der Waals surface area contributed by atoms with Gasteiger partial charge in [-0.2, -0.15) is 0 Å². The SMILES string of the molecule is CCSc1ccc(-c2ccc(C3CCC(c4c(F)cccc4F)=N3)cc2)cn1. The highest BCUT2D eigenvalue weighted by Gasteiger charge is 2.24. The molecule has 2 nitrogen and oxygen atoms in total. The smallest absolute Gasteiger partial charge is 0.135 e. The van der Waals surface area contributed by atoms with Crippen LogP contribution in [0.2, 0.25) is 0 Å². The Balaban J connectivity index is 1.54. The van der Waals surface area contributed by atoms with Crippen molar-refractivity contribution in [3.8, 4) is 11.1 Å². The molecule has 5 heteroatoms. The summed E-state index contributed by atoms with van der Waals surface area (Å²) in [5.41, 5.74) is 3.74. The van der Waals surface area contributed by atoms with Crippen molar-refractivity contribution in [2.24, 2.45) is 4.99 Å². The molecule has 142 valence electrons. The Bertz CT molecular complexity index is 978. The van der Waals surface area contributed by atoms with Gasteiger partial charge in [-0.15, -0.1) is 11.8 Å². The maximum absolute atomic E-state index is 14.0. The number of thioether (sulfide) groups is 1. The van der Waals surface area contributed by atoms with Gasteiger partial charge in [-0.05, 0) is 47.9 Å². The Hall–Kier alpha value is -2.53. The van der Waals surface area contributed by atoms with E-state index >= 15 is 0 Å².